The van der Waals surface area contributed by atoms with Gasteiger partial charge < -0.3 is 10.6 Å². The predicted octanol–water partition coefficient (Wildman–Crippen LogP) is 0.246. The van der Waals surface area contributed by atoms with E-state index >= 15 is 0 Å². The van der Waals surface area contributed by atoms with Gasteiger partial charge in [-0.1, -0.05) is 6.58 Å². The maximum absolute atomic E-state index is 12.6. The molecule has 0 atom stereocenters. The second kappa shape index (κ2) is 5.78. The first kappa shape index (κ1) is 15.7. The molecule has 0 unspecified atom stereocenters. The standard InChI is InChI=1S/C15H17N3O4S/c1-2-14(19)16-11-8-18(9-11)23(21,22)12-4-5-13-10(7-12)3-6-15(20)17-13/h2,4-5,7,11H,1,3,6,8-9H2,(H,16,19)(H,17,20). The minimum Gasteiger partial charge on any atom is -0.347 e. The number of amides is 2. The van der Waals surface area contributed by atoms with Gasteiger partial charge in [-0.15, -0.1) is 0 Å². The van der Waals surface area contributed by atoms with Crippen LogP contribution in [0.3, 0.4) is 0 Å². The van der Waals surface area contributed by atoms with Gasteiger partial charge in [0.05, 0.1) is 10.9 Å². The summed E-state index contributed by atoms with van der Waals surface area (Å²) in [4.78, 5) is 22.7. The van der Waals surface area contributed by atoms with Gasteiger partial charge in [-0.05, 0) is 36.3 Å². The van der Waals surface area contributed by atoms with E-state index in [2.05, 4.69) is 17.2 Å². The van der Waals surface area contributed by atoms with Crippen molar-refractivity contribution in [3.63, 3.8) is 0 Å². The third-order valence-corrected chi connectivity index (χ3v) is 5.82. The number of anilines is 1. The van der Waals surface area contributed by atoms with Crippen LogP contribution >= 0.6 is 0 Å². The summed E-state index contributed by atoms with van der Waals surface area (Å²) < 4.78 is 26.5. The molecule has 8 heteroatoms. The maximum atomic E-state index is 12.6. The Kier molecular flexibility index (Phi) is 3.95. The normalized spacial score (nSPS) is 18.5. The Morgan fingerprint density at radius 1 is 1.35 bits per heavy atom. The molecule has 1 saturated heterocycles. The highest BCUT2D eigenvalue weighted by atomic mass is 32.2. The third-order valence-electron chi connectivity index (χ3n) is 3.99. The number of hydrogen-bond acceptors (Lipinski definition) is 4. The molecule has 1 fully saturated rings. The van der Waals surface area contributed by atoms with E-state index in [1.165, 1.54) is 10.4 Å². The molecule has 2 heterocycles. The number of hydrogen-bond donors (Lipinski definition) is 2. The van der Waals surface area contributed by atoms with Crippen LogP contribution in [0.25, 0.3) is 0 Å². The van der Waals surface area contributed by atoms with Crippen LogP contribution in [0.1, 0.15) is 12.0 Å². The van der Waals surface area contributed by atoms with E-state index in [4.69, 9.17) is 0 Å². The number of nitrogens with zero attached hydrogens (tertiary/aromatic N) is 1. The highest BCUT2D eigenvalue weighted by Gasteiger charge is 2.37. The van der Waals surface area contributed by atoms with Gasteiger partial charge in [-0.3, -0.25) is 9.59 Å². The van der Waals surface area contributed by atoms with Gasteiger partial charge in [0.2, 0.25) is 21.8 Å². The first-order valence-corrected chi connectivity index (χ1v) is 8.70. The molecule has 0 radical (unpaired) electrons. The van der Waals surface area contributed by atoms with E-state index in [1.54, 1.807) is 12.1 Å². The zero-order chi connectivity index (χ0) is 16.6. The predicted molar refractivity (Wildman–Crippen MR) is 84.3 cm³/mol. The Morgan fingerprint density at radius 3 is 2.78 bits per heavy atom. The van der Waals surface area contributed by atoms with Crippen LogP contribution < -0.4 is 10.6 Å². The lowest BCUT2D eigenvalue weighted by molar-refractivity contribution is -0.118. The lowest BCUT2D eigenvalue weighted by atomic mass is 10.0. The molecule has 1 aromatic rings. The fraction of sp³-hybridized carbons (Fsp3) is 0.333. The van der Waals surface area contributed by atoms with Crippen LogP contribution in [0.5, 0.6) is 0 Å². The van der Waals surface area contributed by atoms with Gasteiger partial charge in [-0.2, -0.15) is 4.31 Å². The summed E-state index contributed by atoms with van der Waals surface area (Å²) in [5.41, 5.74) is 1.49. The van der Waals surface area contributed by atoms with E-state index in [1.807, 2.05) is 0 Å². The lowest BCUT2D eigenvalue weighted by Gasteiger charge is -2.38. The van der Waals surface area contributed by atoms with Crippen molar-refractivity contribution in [1.82, 2.24) is 9.62 Å². The summed E-state index contributed by atoms with van der Waals surface area (Å²) in [5, 5.41) is 5.39. The monoisotopic (exact) mass is 335 g/mol. The molecule has 2 aliphatic heterocycles. The van der Waals surface area contributed by atoms with E-state index in [0.29, 0.717) is 18.5 Å². The molecule has 2 N–H and O–H groups in total. The summed E-state index contributed by atoms with van der Waals surface area (Å²) in [5.74, 6) is -0.367. The highest BCUT2D eigenvalue weighted by Crippen LogP contribution is 2.28. The molecule has 2 amide bonds. The number of rotatable bonds is 4. The zero-order valence-corrected chi connectivity index (χ0v) is 13.2. The average molecular weight is 335 g/mol. The molecule has 2 aliphatic rings. The van der Waals surface area contributed by atoms with Gasteiger partial charge in [0.1, 0.15) is 0 Å². The Labute approximate surface area is 134 Å². The first-order chi connectivity index (χ1) is 10.9. The molecule has 1 aromatic carbocycles. The van der Waals surface area contributed by atoms with Crippen molar-refractivity contribution in [2.75, 3.05) is 18.4 Å². The number of fused-ring (bicyclic) bond motifs is 1. The number of carbonyl (C=O) groups excluding carboxylic acids is 2. The molecule has 7 nitrogen and oxygen atoms in total. The molecule has 0 aromatic heterocycles. The van der Waals surface area contributed by atoms with Crippen molar-refractivity contribution < 1.29 is 18.0 Å². The quantitative estimate of drug-likeness (QED) is 0.771. The van der Waals surface area contributed by atoms with Crippen LogP contribution in [0.2, 0.25) is 0 Å². The second-order valence-corrected chi connectivity index (χ2v) is 7.54. The maximum Gasteiger partial charge on any atom is 0.243 e. The summed E-state index contributed by atoms with van der Waals surface area (Å²) in [6, 6.07) is 4.54. The largest absolute Gasteiger partial charge is 0.347 e. The van der Waals surface area contributed by atoms with Crippen LogP contribution in [0.15, 0.2) is 35.7 Å². The van der Waals surface area contributed by atoms with Gasteiger partial charge in [0, 0.05) is 25.2 Å². The van der Waals surface area contributed by atoms with Gasteiger partial charge in [0.25, 0.3) is 0 Å². The van der Waals surface area contributed by atoms with Crippen LogP contribution in [0, 0.1) is 0 Å². The van der Waals surface area contributed by atoms with Crippen LogP contribution in [-0.4, -0.2) is 43.7 Å². The van der Waals surface area contributed by atoms with Gasteiger partial charge >= 0.3 is 0 Å². The van der Waals surface area contributed by atoms with Crippen molar-refractivity contribution in [3.8, 4) is 0 Å². The second-order valence-electron chi connectivity index (χ2n) is 5.60. The van der Waals surface area contributed by atoms with E-state index in [0.717, 1.165) is 11.6 Å². The smallest absolute Gasteiger partial charge is 0.243 e. The van der Waals surface area contributed by atoms with Gasteiger partial charge in [0.15, 0.2) is 0 Å². The number of nitrogens with one attached hydrogen (secondary N) is 2. The third kappa shape index (κ3) is 2.99. The van der Waals surface area contributed by atoms with Crippen LogP contribution in [-0.2, 0) is 26.0 Å². The fourth-order valence-electron chi connectivity index (χ4n) is 2.66. The van der Waals surface area contributed by atoms with E-state index in [9.17, 15) is 18.0 Å². The summed E-state index contributed by atoms with van der Waals surface area (Å²) in [7, 11) is -3.58. The van der Waals surface area contributed by atoms with E-state index in [-0.39, 0.29) is 35.8 Å². The fourth-order valence-corrected chi connectivity index (χ4v) is 4.24. The Bertz CT molecular complexity index is 782. The molecular weight excluding hydrogens is 318 g/mol. The molecule has 122 valence electrons. The molecule has 0 saturated carbocycles. The molecule has 0 bridgehead atoms. The summed E-state index contributed by atoms with van der Waals surface area (Å²) >= 11 is 0. The Morgan fingerprint density at radius 2 is 2.09 bits per heavy atom. The lowest BCUT2D eigenvalue weighted by Crippen LogP contribution is -2.60. The van der Waals surface area contributed by atoms with E-state index < -0.39 is 10.0 Å². The molecular formula is C15H17N3O4S. The minimum atomic E-state index is -3.58. The Hall–Kier alpha value is -2.19. The SMILES string of the molecule is C=CC(=O)NC1CN(S(=O)(=O)c2ccc3c(c2)CCC(=O)N3)C1. The zero-order valence-electron chi connectivity index (χ0n) is 12.4. The van der Waals surface area contributed by atoms with Crippen molar-refractivity contribution >= 4 is 27.5 Å². The number of benzene rings is 1. The highest BCUT2D eigenvalue weighted by molar-refractivity contribution is 7.89. The van der Waals surface area contributed by atoms with Gasteiger partial charge in [-0.25, -0.2) is 8.42 Å². The minimum absolute atomic E-state index is 0.0587. The van der Waals surface area contributed by atoms with Crippen molar-refractivity contribution in [1.29, 1.82) is 0 Å². The van der Waals surface area contributed by atoms with Crippen molar-refractivity contribution in [3.05, 3.63) is 36.4 Å². The van der Waals surface area contributed by atoms with Crippen LogP contribution in [0.4, 0.5) is 5.69 Å². The van der Waals surface area contributed by atoms with Crippen molar-refractivity contribution in [2.24, 2.45) is 0 Å². The average Bonchev–Trinajstić information content (AvgIpc) is 2.49. The summed E-state index contributed by atoms with van der Waals surface area (Å²) in [6.07, 6.45) is 2.05. The number of sulfonamides is 1. The number of aryl methyl sites for hydroxylation is 1. The molecule has 0 aliphatic carbocycles. The molecule has 23 heavy (non-hydrogen) atoms. The summed E-state index contributed by atoms with van der Waals surface area (Å²) in [6.45, 7) is 3.85. The van der Waals surface area contributed by atoms with Crippen molar-refractivity contribution in [2.45, 2.75) is 23.8 Å². The number of carbonyl (C=O) groups is 2. The molecule has 3 rings (SSSR count). The molecule has 0 spiro atoms. The first-order valence-electron chi connectivity index (χ1n) is 7.26. The Balaban J connectivity index is 1.73. The topological polar surface area (TPSA) is 95.6 Å².